The van der Waals surface area contributed by atoms with Crippen molar-refractivity contribution in [2.24, 2.45) is 0 Å². The predicted octanol–water partition coefficient (Wildman–Crippen LogP) is 3.63. The summed E-state index contributed by atoms with van der Waals surface area (Å²) in [7, 11) is 2.04. The van der Waals surface area contributed by atoms with Gasteiger partial charge in [-0.1, -0.05) is 30.3 Å². The molecular weight excluding hydrogens is 264 g/mol. The zero-order valence-corrected chi connectivity index (χ0v) is 13.0. The molecule has 0 amide bonds. The second kappa shape index (κ2) is 6.08. The Balaban J connectivity index is 1.89. The van der Waals surface area contributed by atoms with Crippen molar-refractivity contribution in [3.05, 3.63) is 57.8 Å². The molecule has 1 aromatic heterocycles. The lowest BCUT2D eigenvalue weighted by atomic mass is 9.96. The molecule has 0 radical (unpaired) electrons. The summed E-state index contributed by atoms with van der Waals surface area (Å²) in [4.78, 5) is 4.21. The second-order valence-electron chi connectivity index (χ2n) is 5.45. The van der Waals surface area contributed by atoms with E-state index in [9.17, 15) is 0 Å². The van der Waals surface area contributed by atoms with Crippen LogP contribution in [0.15, 0.2) is 41.8 Å². The molecule has 1 aliphatic heterocycles. The number of nitrogens with one attached hydrogen (secondary N) is 1. The Bertz CT molecular complexity index is 549. The number of benzene rings is 1. The Morgan fingerprint density at radius 1 is 1.30 bits per heavy atom. The van der Waals surface area contributed by atoms with Crippen LogP contribution in [0.5, 0.6) is 0 Å². The zero-order valence-electron chi connectivity index (χ0n) is 12.2. The maximum absolute atomic E-state index is 3.36. The van der Waals surface area contributed by atoms with Gasteiger partial charge in [-0.25, -0.2) is 0 Å². The first kappa shape index (κ1) is 13.8. The highest BCUT2D eigenvalue weighted by molar-refractivity contribution is 7.10. The first-order valence-corrected chi connectivity index (χ1v) is 8.20. The molecule has 0 fully saturated rings. The van der Waals surface area contributed by atoms with Gasteiger partial charge in [-0.3, -0.25) is 4.90 Å². The summed E-state index contributed by atoms with van der Waals surface area (Å²) >= 11 is 1.91. The highest BCUT2D eigenvalue weighted by atomic mass is 32.1. The zero-order chi connectivity index (χ0) is 13.9. The van der Waals surface area contributed by atoms with E-state index in [4.69, 9.17) is 0 Å². The molecule has 1 aliphatic rings. The molecule has 2 nitrogen and oxygen atoms in total. The second-order valence-corrected chi connectivity index (χ2v) is 6.45. The van der Waals surface area contributed by atoms with Crippen molar-refractivity contribution in [3.8, 4) is 0 Å². The van der Waals surface area contributed by atoms with Crippen LogP contribution in [0, 0.1) is 0 Å². The first-order chi connectivity index (χ1) is 9.81. The summed E-state index contributed by atoms with van der Waals surface area (Å²) in [6.45, 7) is 4.49. The molecule has 0 bridgehead atoms. The van der Waals surface area contributed by atoms with Crippen LogP contribution in [-0.4, -0.2) is 25.0 Å². The van der Waals surface area contributed by atoms with Crippen molar-refractivity contribution in [1.82, 2.24) is 10.2 Å². The first-order valence-electron chi connectivity index (χ1n) is 7.33. The van der Waals surface area contributed by atoms with Crippen molar-refractivity contribution >= 4 is 11.3 Å². The Labute approximate surface area is 125 Å². The average Bonchev–Trinajstić information content (AvgIpc) is 2.96. The Hall–Kier alpha value is -1.16. The average molecular weight is 286 g/mol. The summed E-state index contributed by atoms with van der Waals surface area (Å²) in [5, 5.41) is 5.60. The summed E-state index contributed by atoms with van der Waals surface area (Å²) in [6, 6.07) is 14.1. The molecule has 2 unspecified atom stereocenters. The third kappa shape index (κ3) is 2.53. The van der Waals surface area contributed by atoms with E-state index in [1.165, 1.54) is 17.5 Å². The van der Waals surface area contributed by atoms with E-state index < -0.39 is 0 Å². The quantitative estimate of drug-likeness (QED) is 0.923. The lowest BCUT2D eigenvalue weighted by molar-refractivity contribution is 0.134. The Morgan fingerprint density at radius 2 is 2.10 bits per heavy atom. The molecule has 1 aromatic carbocycles. The number of fused-ring (bicyclic) bond motifs is 1. The standard InChI is InChI=1S/C17H22N2S/c1-13-15-9-11-20-17(15)8-10-19(13)16(12-18-2)14-6-4-3-5-7-14/h3-7,9,11,13,16,18H,8,10,12H2,1-2H3. The van der Waals surface area contributed by atoms with Crippen LogP contribution in [0.1, 0.15) is 35.0 Å². The lowest BCUT2D eigenvalue weighted by Gasteiger charge is -2.40. The van der Waals surface area contributed by atoms with Crippen molar-refractivity contribution in [1.29, 1.82) is 0 Å². The summed E-state index contributed by atoms with van der Waals surface area (Å²) in [6.07, 6.45) is 1.18. The fourth-order valence-corrected chi connectivity index (χ4v) is 4.21. The highest BCUT2D eigenvalue weighted by Crippen LogP contribution is 2.37. The van der Waals surface area contributed by atoms with Gasteiger partial charge in [0.2, 0.25) is 0 Å². The van der Waals surface area contributed by atoms with E-state index in [1.807, 2.05) is 18.4 Å². The van der Waals surface area contributed by atoms with E-state index in [1.54, 1.807) is 4.88 Å². The number of thiophene rings is 1. The minimum atomic E-state index is 0.448. The van der Waals surface area contributed by atoms with Crippen LogP contribution >= 0.6 is 11.3 Å². The molecule has 3 rings (SSSR count). The highest BCUT2D eigenvalue weighted by Gasteiger charge is 2.30. The molecule has 2 aromatic rings. The summed E-state index contributed by atoms with van der Waals surface area (Å²) in [5.41, 5.74) is 2.94. The van der Waals surface area contributed by atoms with Crippen LogP contribution in [-0.2, 0) is 6.42 Å². The van der Waals surface area contributed by atoms with Gasteiger partial charge in [0.15, 0.2) is 0 Å². The molecule has 0 spiro atoms. The maximum atomic E-state index is 3.36. The van der Waals surface area contributed by atoms with Crippen LogP contribution in [0.25, 0.3) is 0 Å². The molecule has 3 heteroatoms. The predicted molar refractivity (Wildman–Crippen MR) is 86.3 cm³/mol. The van der Waals surface area contributed by atoms with Gasteiger partial charge in [-0.2, -0.15) is 0 Å². The topological polar surface area (TPSA) is 15.3 Å². The van der Waals surface area contributed by atoms with Gasteiger partial charge in [0.1, 0.15) is 0 Å². The minimum Gasteiger partial charge on any atom is -0.318 e. The van der Waals surface area contributed by atoms with E-state index in [0.29, 0.717) is 12.1 Å². The van der Waals surface area contributed by atoms with Gasteiger partial charge in [-0.15, -0.1) is 11.3 Å². The molecule has 106 valence electrons. The van der Waals surface area contributed by atoms with E-state index >= 15 is 0 Å². The molecule has 0 saturated heterocycles. The van der Waals surface area contributed by atoms with E-state index in [2.05, 4.69) is 58.9 Å². The smallest absolute Gasteiger partial charge is 0.0478 e. The van der Waals surface area contributed by atoms with Gasteiger partial charge in [0.25, 0.3) is 0 Å². The molecular formula is C17H22N2S. The number of hydrogen-bond donors (Lipinski definition) is 1. The molecule has 0 aliphatic carbocycles. The van der Waals surface area contributed by atoms with Crippen molar-refractivity contribution in [2.75, 3.05) is 20.1 Å². The number of rotatable bonds is 4. The van der Waals surface area contributed by atoms with Gasteiger partial charge in [0.05, 0.1) is 0 Å². The Kier molecular flexibility index (Phi) is 4.20. The van der Waals surface area contributed by atoms with Crippen molar-refractivity contribution in [2.45, 2.75) is 25.4 Å². The fourth-order valence-electron chi connectivity index (χ4n) is 3.25. The van der Waals surface area contributed by atoms with Gasteiger partial charge >= 0.3 is 0 Å². The summed E-state index contributed by atoms with van der Waals surface area (Å²) < 4.78 is 0. The van der Waals surface area contributed by atoms with Crippen LogP contribution in [0.4, 0.5) is 0 Å². The summed E-state index contributed by atoms with van der Waals surface area (Å²) in [5.74, 6) is 0. The molecule has 1 N–H and O–H groups in total. The van der Waals surface area contributed by atoms with Crippen molar-refractivity contribution in [3.63, 3.8) is 0 Å². The number of hydrogen-bond acceptors (Lipinski definition) is 3. The fraction of sp³-hybridized carbons (Fsp3) is 0.412. The normalized spacial score (nSPS) is 20.6. The largest absolute Gasteiger partial charge is 0.318 e. The molecule has 2 atom stereocenters. The van der Waals surface area contributed by atoms with Gasteiger partial charge < -0.3 is 5.32 Å². The van der Waals surface area contributed by atoms with E-state index in [0.717, 1.165) is 13.1 Å². The van der Waals surface area contributed by atoms with Crippen LogP contribution < -0.4 is 5.32 Å². The SMILES string of the molecule is CNCC(c1ccccc1)N1CCc2sccc2C1C. The van der Waals surface area contributed by atoms with Crippen LogP contribution in [0.3, 0.4) is 0 Å². The number of nitrogens with zero attached hydrogens (tertiary/aromatic N) is 1. The maximum Gasteiger partial charge on any atom is 0.0478 e. The monoisotopic (exact) mass is 286 g/mol. The van der Waals surface area contributed by atoms with Crippen LogP contribution in [0.2, 0.25) is 0 Å². The van der Waals surface area contributed by atoms with Gasteiger partial charge in [0, 0.05) is 30.1 Å². The molecule has 0 saturated carbocycles. The lowest BCUT2D eigenvalue weighted by Crippen LogP contribution is -2.40. The van der Waals surface area contributed by atoms with Gasteiger partial charge in [-0.05, 0) is 43.0 Å². The Morgan fingerprint density at radius 3 is 2.85 bits per heavy atom. The third-order valence-corrected chi connectivity index (χ3v) is 5.30. The number of likely N-dealkylation sites (N-methyl/N-ethyl adjacent to an activating group) is 1. The third-order valence-electron chi connectivity index (χ3n) is 4.31. The minimum absolute atomic E-state index is 0.448. The molecule has 20 heavy (non-hydrogen) atoms. The van der Waals surface area contributed by atoms with E-state index in [-0.39, 0.29) is 0 Å². The van der Waals surface area contributed by atoms with Crippen molar-refractivity contribution < 1.29 is 0 Å². The molecule has 2 heterocycles.